The van der Waals surface area contributed by atoms with Gasteiger partial charge in [0.1, 0.15) is 16.9 Å². The third kappa shape index (κ3) is 4.39. The summed E-state index contributed by atoms with van der Waals surface area (Å²) in [5, 5.41) is 5.72. The number of anilines is 1. The van der Waals surface area contributed by atoms with E-state index in [4.69, 9.17) is 27.9 Å². The third-order valence-corrected chi connectivity index (χ3v) is 6.93. The first-order chi connectivity index (χ1) is 16.7. The van der Waals surface area contributed by atoms with E-state index in [2.05, 4.69) is 20.1 Å². The molecular weight excluding hydrogens is 516 g/mol. The molecule has 0 radical (unpaired) electrons. The molecule has 0 aliphatic carbocycles. The first-order valence-corrected chi connectivity index (χ1v) is 12.2. The van der Waals surface area contributed by atoms with Crippen molar-refractivity contribution in [2.75, 3.05) is 32.1 Å². The molecule has 1 atom stereocenters. The lowest BCUT2D eigenvalue weighted by Gasteiger charge is -2.35. The summed E-state index contributed by atoms with van der Waals surface area (Å²) in [5.74, 6) is -0.283. The topological polar surface area (TPSA) is 88.8 Å². The second-order valence-electron chi connectivity index (χ2n) is 8.17. The van der Waals surface area contributed by atoms with Crippen molar-refractivity contribution in [2.24, 2.45) is 0 Å². The van der Waals surface area contributed by atoms with Crippen LogP contribution in [0, 0.1) is 12.7 Å². The molecule has 0 spiro atoms. The summed E-state index contributed by atoms with van der Waals surface area (Å²) in [5.41, 5.74) is 1.73. The predicted molar refractivity (Wildman–Crippen MR) is 131 cm³/mol. The molecule has 5 rings (SSSR count). The molecule has 35 heavy (non-hydrogen) atoms. The number of imidazole rings is 1. The van der Waals surface area contributed by atoms with Gasteiger partial charge in [-0.05, 0) is 19.1 Å². The standard InChI is InChI=1S/C22H20Cl2FN7O2S/c1-11-29-32-19-15(27-22(32)35-11)6-7-31(18(19)13-5-4-12(23)8-14(13)25)17(33)10-34-16-9-26-21(30(2)3)28-20(16)24/h4-5,8-9,18H,6-7,10H2,1-3H3. The van der Waals surface area contributed by atoms with Gasteiger partial charge in [0.2, 0.25) is 10.9 Å². The van der Waals surface area contributed by atoms with Gasteiger partial charge >= 0.3 is 0 Å². The highest BCUT2D eigenvalue weighted by Crippen LogP contribution is 2.38. The lowest BCUT2D eigenvalue weighted by Crippen LogP contribution is -2.43. The van der Waals surface area contributed by atoms with Crippen LogP contribution >= 0.6 is 34.5 Å². The molecule has 0 fully saturated rings. The number of carbonyl (C=O) groups is 1. The van der Waals surface area contributed by atoms with Gasteiger partial charge in [0.05, 0.1) is 17.6 Å². The van der Waals surface area contributed by atoms with Gasteiger partial charge in [-0.25, -0.2) is 18.9 Å². The van der Waals surface area contributed by atoms with E-state index in [1.54, 1.807) is 40.5 Å². The van der Waals surface area contributed by atoms with E-state index >= 15 is 4.39 Å². The van der Waals surface area contributed by atoms with E-state index in [9.17, 15) is 4.79 Å². The van der Waals surface area contributed by atoms with Crippen LogP contribution in [0.5, 0.6) is 5.75 Å². The van der Waals surface area contributed by atoms with Gasteiger partial charge in [-0.2, -0.15) is 10.1 Å². The van der Waals surface area contributed by atoms with E-state index < -0.39 is 11.9 Å². The number of aryl methyl sites for hydroxylation is 1. The van der Waals surface area contributed by atoms with Crippen molar-refractivity contribution in [1.29, 1.82) is 0 Å². The van der Waals surface area contributed by atoms with E-state index in [1.165, 1.54) is 23.6 Å². The van der Waals surface area contributed by atoms with Crippen LogP contribution in [0.25, 0.3) is 4.96 Å². The van der Waals surface area contributed by atoms with Crippen LogP contribution < -0.4 is 9.64 Å². The van der Waals surface area contributed by atoms with E-state index in [1.807, 2.05) is 6.92 Å². The van der Waals surface area contributed by atoms with E-state index in [0.29, 0.717) is 35.1 Å². The minimum atomic E-state index is -0.758. The van der Waals surface area contributed by atoms with Gasteiger partial charge in [0.15, 0.2) is 17.5 Å². The largest absolute Gasteiger partial charge is 0.479 e. The summed E-state index contributed by atoms with van der Waals surface area (Å²) in [6.45, 7) is 1.87. The minimum Gasteiger partial charge on any atom is -0.479 e. The quantitative estimate of drug-likeness (QED) is 0.357. The van der Waals surface area contributed by atoms with Crippen molar-refractivity contribution in [3.05, 3.63) is 62.3 Å². The monoisotopic (exact) mass is 535 g/mol. The smallest absolute Gasteiger partial charge is 0.261 e. The Kier molecular flexibility index (Phi) is 6.24. The van der Waals surface area contributed by atoms with Crippen molar-refractivity contribution < 1.29 is 13.9 Å². The number of ether oxygens (including phenoxy) is 1. The van der Waals surface area contributed by atoms with Crippen molar-refractivity contribution in [1.82, 2.24) is 29.5 Å². The molecular formula is C22H20Cl2FN7O2S. The Bertz CT molecular complexity index is 1440. The van der Waals surface area contributed by atoms with Gasteiger partial charge < -0.3 is 14.5 Å². The molecule has 1 aromatic carbocycles. The van der Waals surface area contributed by atoms with Gasteiger partial charge in [-0.3, -0.25) is 4.79 Å². The fourth-order valence-electron chi connectivity index (χ4n) is 4.05. The Morgan fingerprint density at radius 2 is 2.11 bits per heavy atom. The molecule has 13 heteroatoms. The maximum absolute atomic E-state index is 15.1. The molecule has 0 bridgehead atoms. The molecule has 1 aliphatic rings. The first-order valence-electron chi connectivity index (χ1n) is 10.6. The number of rotatable bonds is 5. The Balaban J connectivity index is 1.49. The number of nitrogens with zero attached hydrogens (tertiary/aromatic N) is 7. The maximum atomic E-state index is 15.1. The second-order valence-corrected chi connectivity index (χ2v) is 10.1. The fraction of sp³-hybridized carbons (Fsp3) is 0.318. The SMILES string of the molecule is Cc1nn2c3c(nc2s1)CCN(C(=O)COc1cnc(N(C)C)nc1Cl)C3c1ccc(Cl)cc1F. The minimum absolute atomic E-state index is 0.0909. The number of benzene rings is 1. The highest BCUT2D eigenvalue weighted by molar-refractivity contribution is 7.16. The first kappa shape index (κ1) is 23.7. The van der Waals surface area contributed by atoms with Crippen LogP contribution in [0.15, 0.2) is 24.4 Å². The predicted octanol–water partition coefficient (Wildman–Crippen LogP) is 3.95. The van der Waals surface area contributed by atoms with Crippen LogP contribution in [0.3, 0.4) is 0 Å². The maximum Gasteiger partial charge on any atom is 0.261 e. The number of amides is 1. The Labute approximate surface area is 214 Å². The number of fused-ring (bicyclic) bond motifs is 3. The molecule has 0 saturated heterocycles. The molecule has 0 N–H and O–H groups in total. The number of hydrogen-bond acceptors (Lipinski definition) is 8. The lowest BCUT2D eigenvalue weighted by molar-refractivity contribution is -0.135. The van der Waals surface area contributed by atoms with Gasteiger partial charge in [-0.15, -0.1) is 0 Å². The van der Waals surface area contributed by atoms with Crippen LogP contribution in [-0.4, -0.2) is 62.6 Å². The molecule has 9 nitrogen and oxygen atoms in total. The number of halogens is 3. The Morgan fingerprint density at radius 3 is 2.83 bits per heavy atom. The Morgan fingerprint density at radius 1 is 1.31 bits per heavy atom. The molecule has 1 amide bonds. The zero-order valence-corrected chi connectivity index (χ0v) is 21.3. The van der Waals surface area contributed by atoms with E-state index in [-0.39, 0.29) is 28.4 Å². The van der Waals surface area contributed by atoms with Crippen LogP contribution in [0.1, 0.15) is 28.0 Å². The highest BCUT2D eigenvalue weighted by Gasteiger charge is 2.38. The summed E-state index contributed by atoms with van der Waals surface area (Å²) in [6.07, 6.45) is 1.92. The molecule has 0 saturated carbocycles. The van der Waals surface area contributed by atoms with Crippen LogP contribution in [-0.2, 0) is 11.2 Å². The van der Waals surface area contributed by atoms with Gasteiger partial charge in [-0.1, -0.05) is 40.6 Å². The van der Waals surface area contributed by atoms with Gasteiger partial charge in [0.25, 0.3) is 5.91 Å². The summed E-state index contributed by atoms with van der Waals surface area (Å²) in [6, 6.07) is 3.66. The van der Waals surface area contributed by atoms with Crippen LogP contribution in [0.4, 0.5) is 10.3 Å². The molecule has 1 aliphatic heterocycles. The number of aromatic nitrogens is 5. The number of carbonyl (C=O) groups excluding carboxylic acids is 1. The average Bonchev–Trinajstić information content (AvgIpc) is 3.33. The lowest BCUT2D eigenvalue weighted by atomic mass is 9.95. The Hall–Kier alpha value is -3.02. The fourth-order valence-corrected chi connectivity index (χ4v) is 5.15. The average molecular weight is 536 g/mol. The summed E-state index contributed by atoms with van der Waals surface area (Å²) >= 11 is 13.7. The van der Waals surface area contributed by atoms with Crippen molar-refractivity contribution in [2.45, 2.75) is 19.4 Å². The zero-order valence-electron chi connectivity index (χ0n) is 19.0. The summed E-state index contributed by atoms with van der Waals surface area (Å²) in [7, 11) is 3.57. The van der Waals surface area contributed by atoms with Gasteiger partial charge in [0, 0.05) is 37.6 Å². The number of hydrogen-bond donors (Lipinski definition) is 0. The summed E-state index contributed by atoms with van der Waals surface area (Å²) in [4.78, 5) is 30.4. The molecule has 1 unspecified atom stereocenters. The second kappa shape index (κ2) is 9.21. The molecule has 4 heterocycles. The molecule has 182 valence electrons. The zero-order chi connectivity index (χ0) is 24.9. The third-order valence-electron chi connectivity index (χ3n) is 5.60. The van der Waals surface area contributed by atoms with Crippen LogP contribution in [0.2, 0.25) is 10.2 Å². The van der Waals surface area contributed by atoms with Crippen molar-refractivity contribution >= 4 is 51.4 Å². The van der Waals surface area contributed by atoms with Crippen molar-refractivity contribution in [3.63, 3.8) is 0 Å². The highest BCUT2D eigenvalue weighted by atomic mass is 35.5. The molecule has 3 aromatic heterocycles. The molecule has 4 aromatic rings. The van der Waals surface area contributed by atoms with Crippen molar-refractivity contribution in [3.8, 4) is 5.75 Å². The normalized spacial score (nSPS) is 15.4. The summed E-state index contributed by atoms with van der Waals surface area (Å²) < 4.78 is 22.5. The van der Waals surface area contributed by atoms with E-state index in [0.717, 1.165) is 10.7 Å².